The predicted octanol–water partition coefficient (Wildman–Crippen LogP) is 0.327. The molecule has 1 amide bonds. The van der Waals surface area contributed by atoms with Crippen molar-refractivity contribution in [2.24, 2.45) is 5.92 Å². The second-order valence-electron chi connectivity index (χ2n) is 7.51. The number of hydrogen-bond acceptors (Lipinski definition) is 7. The Morgan fingerprint density at radius 2 is 2.12 bits per heavy atom. The molecule has 1 aromatic heterocycles. The molecule has 8 heteroatoms. The second-order valence-corrected chi connectivity index (χ2v) is 7.51. The lowest BCUT2D eigenvalue weighted by Crippen LogP contribution is -2.49. The number of aromatic nitrogens is 2. The molecule has 0 bridgehead atoms. The van der Waals surface area contributed by atoms with Crippen LogP contribution < -0.4 is 21.5 Å². The number of nitrogen functional groups attached to an aromatic ring is 2. The van der Waals surface area contributed by atoms with E-state index in [0.29, 0.717) is 30.5 Å². The van der Waals surface area contributed by atoms with Crippen molar-refractivity contribution in [1.82, 2.24) is 20.2 Å². The Morgan fingerprint density at radius 3 is 2.84 bits per heavy atom. The van der Waals surface area contributed by atoms with Crippen molar-refractivity contribution in [1.29, 1.82) is 0 Å². The van der Waals surface area contributed by atoms with Crippen LogP contribution in [-0.2, 0) is 11.2 Å². The summed E-state index contributed by atoms with van der Waals surface area (Å²) in [5.74, 6) is 1.80. The van der Waals surface area contributed by atoms with Gasteiger partial charge in [0.25, 0.3) is 0 Å². The van der Waals surface area contributed by atoms with Crippen molar-refractivity contribution >= 4 is 17.7 Å². The number of fused-ring (bicyclic) bond motifs is 1. The predicted molar refractivity (Wildman–Crippen MR) is 93.9 cm³/mol. The van der Waals surface area contributed by atoms with E-state index < -0.39 is 0 Å². The minimum atomic E-state index is -0.317. The molecule has 5 N–H and O–H groups in total. The first-order valence-corrected chi connectivity index (χ1v) is 9.14. The molecule has 3 aliphatic rings. The highest BCUT2D eigenvalue weighted by Gasteiger charge is 2.44. The van der Waals surface area contributed by atoms with E-state index in [1.54, 1.807) is 0 Å². The van der Waals surface area contributed by atoms with E-state index >= 15 is 0 Å². The summed E-state index contributed by atoms with van der Waals surface area (Å²) < 4.78 is 6.12. The maximum absolute atomic E-state index is 12.6. The van der Waals surface area contributed by atoms with Gasteiger partial charge in [0, 0.05) is 38.8 Å². The highest BCUT2D eigenvalue weighted by molar-refractivity contribution is 5.76. The van der Waals surface area contributed by atoms with E-state index in [2.05, 4.69) is 15.3 Å². The van der Waals surface area contributed by atoms with Crippen molar-refractivity contribution in [3.05, 3.63) is 5.56 Å². The molecule has 1 spiro atoms. The number of hydrogen-bond donors (Lipinski definition) is 3. The molecular weight excluding hydrogens is 320 g/mol. The average molecular weight is 346 g/mol. The first-order valence-electron chi connectivity index (χ1n) is 9.14. The van der Waals surface area contributed by atoms with E-state index in [1.165, 1.54) is 6.42 Å². The van der Waals surface area contributed by atoms with Crippen LogP contribution in [0.2, 0.25) is 0 Å². The van der Waals surface area contributed by atoms with E-state index in [4.69, 9.17) is 16.2 Å². The standard InChI is InChI=1S/C17H26N6O2/c18-14-12-9-17(25-15(12)22-16(19)21-14)3-6-23(7-4-17)13(24)8-11-2-1-5-20-10-11/h11,20H,1-10H2,(H4,18,19,21,22)/t11-/m1/s1. The van der Waals surface area contributed by atoms with Gasteiger partial charge >= 0.3 is 0 Å². The van der Waals surface area contributed by atoms with Gasteiger partial charge in [-0.1, -0.05) is 0 Å². The van der Waals surface area contributed by atoms with Crippen LogP contribution in [0, 0.1) is 5.92 Å². The Kier molecular flexibility index (Phi) is 4.15. The molecule has 4 heterocycles. The van der Waals surface area contributed by atoms with Crippen LogP contribution in [0.5, 0.6) is 5.88 Å². The molecule has 0 unspecified atom stereocenters. The van der Waals surface area contributed by atoms with Crippen molar-refractivity contribution < 1.29 is 9.53 Å². The Hall–Kier alpha value is -2.09. The number of amides is 1. The Labute approximate surface area is 147 Å². The fourth-order valence-electron chi connectivity index (χ4n) is 4.23. The van der Waals surface area contributed by atoms with Gasteiger partial charge in [0.1, 0.15) is 11.4 Å². The lowest BCUT2D eigenvalue weighted by atomic mass is 9.86. The summed E-state index contributed by atoms with van der Waals surface area (Å²) in [5, 5.41) is 3.38. The maximum atomic E-state index is 12.6. The lowest BCUT2D eigenvalue weighted by molar-refractivity contribution is -0.135. The average Bonchev–Trinajstić information content (AvgIpc) is 2.94. The molecule has 0 saturated carbocycles. The summed E-state index contributed by atoms with van der Waals surface area (Å²) in [6.07, 6.45) is 5.24. The van der Waals surface area contributed by atoms with Crippen molar-refractivity contribution in [3.63, 3.8) is 0 Å². The minimum absolute atomic E-state index is 0.141. The highest BCUT2D eigenvalue weighted by Crippen LogP contribution is 2.42. The molecule has 1 atom stereocenters. The van der Waals surface area contributed by atoms with Gasteiger partial charge in [-0.25, -0.2) is 0 Å². The zero-order chi connectivity index (χ0) is 17.4. The number of nitrogens with one attached hydrogen (secondary N) is 1. The summed E-state index contributed by atoms with van der Waals surface area (Å²) in [5.41, 5.74) is 12.2. The number of ether oxygens (including phenoxy) is 1. The maximum Gasteiger partial charge on any atom is 0.225 e. The van der Waals surface area contributed by atoms with E-state index in [0.717, 1.165) is 51.0 Å². The summed E-state index contributed by atoms with van der Waals surface area (Å²) in [6, 6.07) is 0. The van der Waals surface area contributed by atoms with E-state index in [9.17, 15) is 4.79 Å². The monoisotopic (exact) mass is 346 g/mol. The molecule has 0 aromatic carbocycles. The van der Waals surface area contributed by atoms with Crippen LogP contribution in [0.15, 0.2) is 0 Å². The molecule has 25 heavy (non-hydrogen) atoms. The van der Waals surface area contributed by atoms with Crippen molar-refractivity contribution in [2.45, 2.75) is 44.1 Å². The van der Waals surface area contributed by atoms with Crippen molar-refractivity contribution in [3.8, 4) is 5.88 Å². The summed E-state index contributed by atoms with van der Waals surface area (Å²) in [6.45, 7) is 3.47. The number of carbonyl (C=O) groups excluding carboxylic acids is 1. The van der Waals surface area contributed by atoms with Gasteiger partial charge in [-0.15, -0.1) is 0 Å². The fraction of sp³-hybridized carbons (Fsp3) is 0.706. The largest absolute Gasteiger partial charge is 0.470 e. The summed E-state index contributed by atoms with van der Waals surface area (Å²) >= 11 is 0. The van der Waals surface area contributed by atoms with Crippen LogP contribution >= 0.6 is 0 Å². The van der Waals surface area contributed by atoms with Crippen LogP contribution in [0.3, 0.4) is 0 Å². The molecular formula is C17H26N6O2. The molecule has 0 radical (unpaired) electrons. The van der Waals surface area contributed by atoms with E-state index in [1.807, 2.05) is 4.90 Å². The third kappa shape index (κ3) is 3.22. The number of nitrogens with two attached hydrogens (primary N) is 2. The van der Waals surface area contributed by atoms with E-state index in [-0.39, 0.29) is 17.5 Å². The molecule has 3 aliphatic heterocycles. The highest BCUT2D eigenvalue weighted by atomic mass is 16.5. The van der Waals surface area contributed by atoms with Gasteiger partial charge in [-0.3, -0.25) is 4.79 Å². The number of nitrogens with zero attached hydrogens (tertiary/aromatic N) is 3. The fourth-order valence-corrected chi connectivity index (χ4v) is 4.23. The van der Waals surface area contributed by atoms with Crippen LogP contribution in [0.4, 0.5) is 11.8 Å². The molecule has 2 saturated heterocycles. The number of piperidine rings is 2. The topological polar surface area (TPSA) is 119 Å². The second kappa shape index (κ2) is 6.33. The quantitative estimate of drug-likeness (QED) is 0.706. The molecule has 2 fully saturated rings. The molecule has 0 aliphatic carbocycles. The Balaban J connectivity index is 1.35. The van der Waals surface area contributed by atoms with Crippen molar-refractivity contribution in [2.75, 3.05) is 37.6 Å². The zero-order valence-electron chi connectivity index (χ0n) is 14.5. The van der Waals surface area contributed by atoms with Crippen LogP contribution in [0.1, 0.15) is 37.7 Å². The number of likely N-dealkylation sites (tertiary alicyclic amines) is 1. The first kappa shape index (κ1) is 16.4. The molecule has 136 valence electrons. The van der Waals surface area contributed by atoms with Crippen LogP contribution in [0.25, 0.3) is 0 Å². The molecule has 1 aromatic rings. The molecule has 4 rings (SSSR count). The third-order valence-electron chi connectivity index (χ3n) is 5.72. The van der Waals surface area contributed by atoms with Gasteiger partial charge in [0.2, 0.25) is 17.7 Å². The summed E-state index contributed by atoms with van der Waals surface area (Å²) in [7, 11) is 0. The zero-order valence-corrected chi connectivity index (χ0v) is 14.5. The SMILES string of the molecule is Nc1nc(N)c2c(n1)OC1(CCN(C(=O)C[C@H]3CCCNC3)CC1)C2. The first-order chi connectivity index (χ1) is 12.0. The number of carbonyl (C=O) groups is 1. The normalized spacial score (nSPS) is 24.8. The number of rotatable bonds is 2. The smallest absolute Gasteiger partial charge is 0.225 e. The number of anilines is 2. The minimum Gasteiger partial charge on any atom is -0.470 e. The van der Waals surface area contributed by atoms with Gasteiger partial charge in [0.05, 0.1) is 5.56 Å². The summed E-state index contributed by atoms with van der Waals surface area (Å²) in [4.78, 5) is 22.8. The van der Waals surface area contributed by atoms with Gasteiger partial charge in [0.15, 0.2) is 0 Å². The Bertz CT molecular complexity index is 665. The van der Waals surface area contributed by atoms with Gasteiger partial charge < -0.3 is 26.4 Å². The van der Waals surface area contributed by atoms with Gasteiger partial charge in [-0.2, -0.15) is 9.97 Å². The van der Waals surface area contributed by atoms with Crippen LogP contribution in [-0.4, -0.2) is 52.6 Å². The lowest BCUT2D eigenvalue weighted by Gasteiger charge is -2.39. The molecule has 8 nitrogen and oxygen atoms in total. The third-order valence-corrected chi connectivity index (χ3v) is 5.72. The Morgan fingerprint density at radius 1 is 1.32 bits per heavy atom. The van der Waals surface area contributed by atoms with Gasteiger partial charge in [-0.05, 0) is 31.8 Å².